The number of rotatable bonds is 6. The molecule has 2 aromatic rings. The SMILES string of the molecule is CC(=NNC(=O)CSCc1cccc(Cl)c1)c1cccc(I)c1. The van der Waals surface area contributed by atoms with Gasteiger partial charge in [0.2, 0.25) is 5.91 Å². The molecule has 0 saturated heterocycles. The monoisotopic (exact) mass is 458 g/mol. The maximum absolute atomic E-state index is 11.8. The molecule has 0 spiro atoms. The van der Waals surface area contributed by atoms with Gasteiger partial charge in [0, 0.05) is 14.3 Å². The highest BCUT2D eigenvalue weighted by Gasteiger charge is 2.03. The van der Waals surface area contributed by atoms with E-state index in [4.69, 9.17) is 11.6 Å². The van der Waals surface area contributed by atoms with E-state index in [9.17, 15) is 4.79 Å². The van der Waals surface area contributed by atoms with Crippen molar-refractivity contribution in [2.75, 3.05) is 5.75 Å². The van der Waals surface area contributed by atoms with Crippen molar-refractivity contribution in [1.29, 1.82) is 0 Å². The fraction of sp³-hybridized carbons (Fsp3) is 0.176. The van der Waals surface area contributed by atoms with Crippen molar-refractivity contribution in [3.63, 3.8) is 0 Å². The topological polar surface area (TPSA) is 41.5 Å². The predicted molar refractivity (Wildman–Crippen MR) is 107 cm³/mol. The Kier molecular flexibility index (Phi) is 7.39. The van der Waals surface area contributed by atoms with E-state index in [0.717, 1.165) is 26.2 Å². The summed E-state index contributed by atoms with van der Waals surface area (Å²) < 4.78 is 1.14. The average molecular weight is 459 g/mol. The number of halogens is 2. The number of hydrogen-bond acceptors (Lipinski definition) is 3. The molecule has 6 heteroatoms. The number of nitrogens with one attached hydrogen (secondary N) is 1. The van der Waals surface area contributed by atoms with Crippen molar-refractivity contribution >= 4 is 57.6 Å². The molecule has 2 rings (SSSR count). The maximum Gasteiger partial charge on any atom is 0.250 e. The van der Waals surface area contributed by atoms with Gasteiger partial charge in [0.1, 0.15) is 0 Å². The number of carbonyl (C=O) groups excluding carboxylic acids is 1. The van der Waals surface area contributed by atoms with Crippen LogP contribution in [-0.4, -0.2) is 17.4 Å². The Morgan fingerprint density at radius 1 is 1.26 bits per heavy atom. The molecule has 0 bridgehead atoms. The van der Waals surface area contributed by atoms with E-state index in [1.165, 1.54) is 11.8 Å². The van der Waals surface area contributed by atoms with Crippen LogP contribution in [0.1, 0.15) is 18.1 Å². The van der Waals surface area contributed by atoms with Gasteiger partial charge >= 0.3 is 0 Å². The highest BCUT2D eigenvalue weighted by molar-refractivity contribution is 14.1. The lowest BCUT2D eigenvalue weighted by molar-refractivity contribution is -0.118. The highest BCUT2D eigenvalue weighted by Crippen LogP contribution is 2.16. The van der Waals surface area contributed by atoms with E-state index in [1.807, 2.05) is 55.5 Å². The first-order valence-corrected chi connectivity index (χ1v) is 9.57. The smallest absolute Gasteiger partial charge is 0.250 e. The van der Waals surface area contributed by atoms with Gasteiger partial charge in [-0.15, -0.1) is 11.8 Å². The molecule has 0 atom stereocenters. The van der Waals surface area contributed by atoms with E-state index in [2.05, 4.69) is 33.1 Å². The zero-order valence-corrected chi connectivity index (χ0v) is 16.3. The van der Waals surface area contributed by atoms with Crippen LogP contribution in [-0.2, 0) is 10.5 Å². The Morgan fingerprint density at radius 2 is 2.04 bits per heavy atom. The molecule has 1 N–H and O–H groups in total. The number of carbonyl (C=O) groups is 1. The lowest BCUT2D eigenvalue weighted by Crippen LogP contribution is -2.21. The molecular weight excluding hydrogens is 443 g/mol. The summed E-state index contributed by atoms with van der Waals surface area (Å²) in [7, 11) is 0. The lowest BCUT2D eigenvalue weighted by Gasteiger charge is -2.04. The second kappa shape index (κ2) is 9.30. The van der Waals surface area contributed by atoms with Crippen LogP contribution in [0.3, 0.4) is 0 Å². The summed E-state index contributed by atoms with van der Waals surface area (Å²) >= 11 is 9.72. The number of hydrazone groups is 1. The van der Waals surface area contributed by atoms with Crippen LogP contribution in [0, 0.1) is 3.57 Å². The molecule has 1 amide bonds. The third-order valence-corrected chi connectivity index (χ3v) is 4.89. The zero-order valence-electron chi connectivity index (χ0n) is 12.6. The summed E-state index contributed by atoms with van der Waals surface area (Å²) in [5.74, 6) is 0.991. The molecule has 3 nitrogen and oxygen atoms in total. The van der Waals surface area contributed by atoms with Crippen LogP contribution >= 0.6 is 46.0 Å². The van der Waals surface area contributed by atoms with Gasteiger partial charge in [-0.25, -0.2) is 5.43 Å². The molecule has 0 aliphatic rings. The quantitative estimate of drug-likeness (QED) is 0.387. The van der Waals surface area contributed by atoms with Crippen LogP contribution in [0.2, 0.25) is 5.02 Å². The van der Waals surface area contributed by atoms with Gasteiger partial charge in [-0.05, 0) is 64.9 Å². The highest BCUT2D eigenvalue weighted by atomic mass is 127. The Labute approximate surface area is 159 Å². The molecule has 0 saturated carbocycles. The molecular formula is C17H16ClIN2OS. The third kappa shape index (κ3) is 6.53. The number of benzene rings is 2. The number of thioether (sulfide) groups is 1. The van der Waals surface area contributed by atoms with Gasteiger partial charge in [-0.1, -0.05) is 35.9 Å². The molecule has 2 aromatic carbocycles. The minimum Gasteiger partial charge on any atom is -0.272 e. The van der Waals surface area contributed by atoms with Gasteiger partial charge < -0.3 is 0 Å². The molecule has 0 fully saturated rings. The molecule has 23 heavy (non-hydrogen) atoms. The van der Waals surface area contributed by atoms with Crippen LogP contribution < -0.4 is 5.43 Å². The minimum atomic E-state index is -0.109. The molecule has 120 valence electrons. The molecule has 0 radical (unpaired) electrons. The summed E-state index contributed by atoms with van der Waals surface area (Å²) in [6.07, 6.45) is 0. The lowest BCUT2D eigenvalue weighted by atomic mass is 10.1. The van der Waals surface area contributed by atoms with E-state index < -0.39 is 0 Å². The Hall–Kier alpha value is -1.05. The second-order valence-electron chi connectivity index (χ2n) is 4.87. The normalized spacial score (nSPS) is 11.3. The standard InChI is InChI=1S/C17H16ClIN2OS/c1-12(14-5-3-7-16(19)9-14)20-21-17(22)11-23-10-13-4-2-6-15(18)8-13/h2-9H,10-11H2,1H3,(H,21,22). The first-order valence-electron chi connectivity index (χ1n) is 6.96. The minimum absolute atomic E-state index is 0.109. The van der Waals surface area contributed by atoms with Crippen LogP contribution in [0.5, 0.6) is 0 Å². The van der Waals surface area contributed by atoms with Crippen LogP contribution in [0.4, 0.5) is 0 Å². The second-order valence-corrected chi connectivity index (χ2v) is 7.53. The van der Waals surface area contributed by atoms with Crippen LogP contribution in [0.25, 0.3) is 0 Å². The van der Waals surface area contributed by atoms with Crippen molar-refractivity contribution in [2.24, 2.45) is 5.10 Å². The van der Waals surface area contributed by atoms with Gasteiger partial charge in [-0.2, -0.15) is 5.10 Å². The van der Waals surface area contributed by atoms with E-state index in [1.54, 1.807) is 0 Å². The van der Waals surface area contributed by atoms with Crippen molar-refractivity contribution in [3.8, 4) is 0 Å². The number of amides is 1. The summed E-state index contributed by atoms with van der Waals surface area (Å²) in [6.45, 7) is 1.88. The van der Waals surface area contributed by atoms with Gasteiger partial charge in [0.25, 0.3) is 0 Å². The number of hydrogen-bond donors (Lipinski definition) is 1. The first-order chi connectivity index (χ1) is 11.0. The first kappa shape index (κ1) is 18.3. The van der Waals surface area contributed by atoms with Crippen molar-refractivity contribution < 1.29 is 4.79 Å². The van der Waals surface area contributed by atoms with Crippen molar-refractivity contribution in [3.05, 3.63) is 68.3 Å². The Balaban J connectivity index is 1.79. The molecule has 0 unspecified atom stereocenters. The molecule has 0 aromatic heterocycles. The van der Waals surface area contributed by atoms with E-state index >= 15 is 0 Å². The summed E-state index contributed by atoms with van der Waals surface area (Å²) in [6, 6.07) is 15.6. The van der Waals surface area contributed by atoms with Crippen LogP contribution in [0.15, 0.2) is 53.6 Å². The predicted octanol–water partition coefficient (Wildman–Crippen LogP) is 4.72. The Bertz CT molecular complexity index is 721. The molecule has 0 aliphatic carbocycles. The largest absolute Gasteiger partial charge is 0.272 e. The summed E-state index contributed by atoms with van der Waals surface area (Å²) in [5, 5.41) is 4.87. The fourth-order valence-corrected chi connectivity index (χ4v) is 3.37. The zero-order chi connectivity index (χ0) is 16.7. The maximum atomic E-state index is 11.8. The van der Waals surface area contributed by atoms with Gasteiger partial charge in [-0.3, -0.25) is 4.79 Å². The summed E-state index contributed by atoms with van der Waals surface area (Å²) in [4.78, 5) is 11.8. The van der Waals surface area contributed by atoms with E-state index in [-0.39, 0.29) is 5.91 Å². The van der Waals surface area contributed by atoms with E-state index in [0.29, 0.717) is 10.8 Å². The molecule has 0 heterocycles. The number of nitrogens with zero attached hydrogens (tertiary/aromatic N) is 1. The van der Waals surface area contributed by atoms with Gasteiger partial charge in [0.15, 0.2) is 0 Å². The Morgan fingerprint density at radius 3 is 2.78 bits per heavy atom. The average Bonchev–Trinajstić information content (AvgIpc) is 2.52. The van der Waals surface area contributed by atoms with Crippen molar-refractivity contribution in [2.45, 2.75) is 12.7 Å². The molecule has 0 aliphatic heterocycles. The summed E-state index contributed by atoms with van der Waals surface area (Å²) in [5.41, 5.74) is 5.50. The van der Waals surface area contributed by atoms with Gasteiger partial charge in [0.05, 0.1) is 11.5 Å². The fourth-order valence-electron chi connectivity index (χ4n) is 1.84. The third-order valence-electron chi connectivity index (χ3n) is 2.98. The van der Waals surface area contributed by atoms with Crippen molar-refractivity contribution in [1.82, 2.24) is 5.43 Å².